The molecule has 1 aliphatic carbocycles. The Balaban J connectivity index is 1.53. The second-order valence-electron chi connectivity index (χ2n) is 8.91. The van der Waals surface area contributed by atoms with E-state index in [1.54, 1.807) is 23.1 Å². The first-order valence-electron chi connectivity index (χ1n) is 10.5. The van der Waals surface area contributed by atoms with Crippen molar-refractivity contribution >= 4 is 23.5 Å². The molecule has 0 spiro atoms. The Hall–Kier alpha value is -2.64. The molecule has 8 heteroatoms. The lowest BCUT2D eigenvalue weighted by molar-refractivity contribution is -0.140. The monoisotopic (exact) mass is 399 g/mol. The molecule has 3 fully saturated rings. The number of nitrogens with two attached hydrogens (primary N) is 1. The summed E-state index contributed by atoms with van der Waals surface area (Å²) in [6.07, 6.45) is 3.45. The van der Waals surface area contributed by atoms with Crippen molar-refractivity contribution in [3.63, 3.8) is 0 Å². The van der Waals surface area contributed by atoms with Crippen molar-refractivity contribution in [2.24, 2.45) is 11.8 Å². The lowest BCUT2D eigenvalue weighted by Gasteiger charge is -2.40. The third kappa shape index (κ3) is 4.06. The highest BCUT2D eigenvalue weighted by Crippen LogP contribution is 2.37. The van der Waals surface area contributed by atoms with Gasteiger partial charge in [-0.3, -0.25) is 14.4 Å². The van der Waals surface area contributed by atoms with Crippen molar-refractivity contribution in [3.8, 4) is 0 Å². The van der Waals surface area contributed by atoms with Gasteiger partial charge >= 0.3 is 0 Å². The van der Waals surface area contributed by atoms with Crippen LogP contribution in [-0.2, 0) is 9.59 Å². The van der Waals surface area contributed by atoms with Gasteiger partial charge in [-0.2, -0.15) is 0 Å². The van der Waals surface area contributed by atoms with Crippen LogP contribution in [0.5, 0.6) is 0 Å². The van der Waals surface area contributed by atoms with Crippen LogP contribution in [0.2, 0.25) is 0 Å². The Labute approximate surface area is 170 Å². The number of nitrogens with one attached hydrogen (secondary N) is 1. The summed E-state index contributed by atoms with van der Waals surface area (Å²) in [7, 11) is 0. The van der Waals surface area contributed by atoms with E-state index in [4.69, 9.17) is 5.73 Å². The SMILES string of the molecule is CC(C)C[C@H]1[C@@H](C(=O)NC2CC2)C[C@H]2CN(C(=O)c3cccc(N)n3)CC(=O)N21. The van der Waals surface area contributed by atoms with Gasteiger partial charge in [0.25, 0.3) is 5.91 Å². The second-order valence-corrected chi connectivity index (χ2v) is 8.91. The third-order valence-corrected chi connectivity index (χ3v) is 6.04. The van der Waals surface area contributed by atoms with E-state index in [0.29, 0.717) is 24.9 Å². The molecular weight excluding hydrogens is 370 g/mol. The Kier molecular flexibility index (Phi) is 5.19. The molecule has 0 radical (unpaired) electrons. The van der Waals surface area contributed by atoms with Gasteiger partial charge in [0.2, 0.25) is 11.8 Å². The van der Waals surface area contributed by atoms with Crippen LogP contribution in [0, 0.1) is 11.8 Å². The predicted octanol–water partition coefficient (Wildman–Crippen LogP) is 1.03. The number of carbonyl (C=O) groups excluding carboxylic acids is 3. The van der Waals surface area contributed by atoms with Gasteiger partial charge in [0.15, 0.2) is 0 Å². The van der Waals surface area contributed by atoms with Crippen LogP contribution in [0.3, 0.4) is 0 Å². The first-order valence-corrected chi connectivity index (χ1v) is 10.5. The number of piperazine rings is 1. The number of aromatic nitrogens is 1. The fraction of sp³-hybridized carbons (Fsp3) is 0.619. The molecule has 0 unspecified atom stereocenters. The summed E-state index contributed by atoms with van der Waals surface area (Å²) >= 11 is 0. The quantitative estimate of drug-likeness (QED) is 0.769. The number of rotatable bonds is 5. The van der Waals surface area contributed by atoms with Gasteiger partial charge in [-0.15, -0.1) is 0 Å². The molecule has 0 bridgehead atoms. The molecule has 156 valence electrons. The van der Waals surface area contributed by atoms with Gasteiger partial charge in [0.05, 0.1) is 12.0 Å². The van der Waals surface area contributed by atoms with E-state index in [0.717, 1.165) is 19.3 Å². The zero-order chi connectivity index (χ0) is 20.7. The lowest BCUT2D eigenvalue weighted by atomic mass is 9.91. The minimum absolute atomic E-state index is 0.0113. The summed E-state index contributed by atoms with van der Waals surface area (Å²) in [4.78, 5) is 46.3. The largest absolute Gasteiger partial charge is 0.384 e. The lowest BCUT2D eigenvalue weighted by Crippen LogP contribution is -2.58. The van der Waals surface area contributed by atoms with E-state index < -0.39 is 0 Å². The highest BCUT2D eigenvalue weighted by molar-refractivity contribution is 5.96. The Morgan fingerprint density at radius 1 is 1.31 bits per heavy atom. The van der Waals surface area contributed by atoms with Crippen LogP contribution >= 0.6 is 0 Å². The summed E-state index contributed by atoms with van der Waals surface area (Å²) in [5.41, 5.74) is 5.94. The number of nitrogen functional groups attached to an aromatic ring is 1. The number of amides is 3. The minimum atomic E-state index is -0.295. The molecule has 0 aromatic carbocycles. The minimum Gasteiger partial charge on any atom is -0.384 e. The first-order chi connectivity index (χ1) is 13.8. The number of hydrogen-bond acceptors (Lipinski definition) is 5. The van der Waals surface area contributed by atoms with Gasteiger partial charge in [0.1, 0.15) is 18.1 Å². The summed E-state index contributed by atoms with van der Waals surface area (Å²) in [6.45, 7) is 4.65. The molecular formula is C21H29N5O3. The molecule has 8 nitrogen and oxygen atoms in total. The summed E-state index contributed by atoms with van der Waals surface area (Å²) in [6, 6.07) is 4.96. The van der Waals surface area contributed by atoms with E-state index in [2.05, 4.69) is 24.1 Å². The van der Waals surface area contributed by atoms with Gasteiger partial charge in [0, 0.05) is 18.6 Å². The van der Waals surface area contributed by atoms with Gasteiger partial charge in [-0.1, -0.05) is 19.9 Å². The summed E-state index contributed by atoms with van der Waals surface area (Å²) in [5, 5.41) is 3.11. The maximum absolute atomic E-state index is 13.0. The van der Waals surface area contributed by atoms with Crippen LogP contribution in [0.1, 0.15) is 50.0 Å². The van der Waals surface area contributed by atoms with Crippen molar-refractivity contribution in [2.75, 3.05) is 18.8 Å². The van der Waals surface area contributed by atoms with Crippen molar-refractivity contribution in [3.05, 3.63) is 23.9 Å². The number of anilines is 1. The van der Waals surface area contributed by atoms with Crippen molar-refractivity contribution in [1.29, 1.82) is 0 Å². The molecule has 1 saturated carbocycles. The summed E-state index contributed by atoms with van der Waals surface area (Å²) < 4.78 is 0. The van der Waals surface area contributed by atoms with Gasteiger partial charge in [-0.25, -0.2) is 4.98 Å². The molecule has 1 aromatic rings. The zero-order valence-corrected chi connectivity index (χ0v) is 17.0. The van der Waals surface area contributed by atoms with Crippen LogP contribution < -0.4 is 11.1 Å². The van der Waals surface area contributed by atoms with E-state index in [9.17, 15) is 14.4 Å². The fourth-order valence-corrected chi connectivity index (χ4v) is 4.61. The first kappa shape index (κ1) is 19.7. The number of hydrogen-bond donors (Lipinski definition) is 2. The van der Waals surface area contributed by atoms with Crippen LogP contribution in [0.25, 0.3) is 0 Å². The smallest absolute Gasteiger partial charge is 0.273 e. The summed E-state index contributed by atoms with van der Waals surface area (Å²) in [5.74, 6) is 0.0973. The highest BCUT2D eigenvalue weighted by Gasteiger charge is 2.50. The van der Waals surface area contributed by atoms with E-state index >= 15 is 0 Å². The normalized spacial score (nSPS) is 26.6. The molecule has 3 N–H and O–H groups in total. The molecule has 3 aliphatic rings. The molecule has 2 saturated heterocycles. The number of fused-ring (bicyclic) bond motifs is 1. The third-order valence-electron chi connectivity index (χ3n) is 6.04. The molecule has 29 heavy (non-hydrogen) atoms. The predicted molar refractivity (Wildman–Crippen MR) is 108 cm³/mol. The Bertz CT molecular complexity index is 822. The highest BCUT2D eigenvalue weighted by atomic mass is 16.2. The van der Waals surface area contributed by atoms with Crippen molar-refractivity contribution < 1.29 is 14.4 Å². The number of nitrogens with zero attached hydrogens (tertiary/aromatic N) is 3. The Morgan fingerprint density at radius 3 is 2.72 bits per heavy atom. The second kappa shape index (κ2) is 7.65. The molecule has 1 aromatic heterocycles. The Morgan fingerprint density at radius 2 is 2.07 bits per heavy atom. The molecule has 3 heterocycles. The number of pyridine rings is 1. The maximum Gasteiger partial charge on any atom is 0.273 e. The number of carbonyl (C=O) groups is 3. The fourth-order valence-electron chi connectivity index (χ4n) is 4.61. The average Bonchev–Trinajstić information content (AvgIpc) is 3.40. The van der Waals surface area contributed by atoms with Gasteiger partial charge in [-0.05, 0) is 43.7 Å². The van der Waals surface area contributed by atoms with E-state index in [-0.39, 0.29) is 53.8 Å². The van der Waals surface area contributed by atoms with Crippen LogP contribution in [0.15, 0.2) is 18.2 Å². The standard InChI is InChI=1S/C21H29N5O3/c1-12(2)8-17-15(20(28)23-13-6-7-13)9-14-10-25(11-19(27)26(14)17)21(29)16-4-3-5-18(22)24-16/h3-5,12-15,17H,6-11H2,1-2H3,(H2,22,24)(H,23,28)/t14-,15-,17-/m0/s1. The topological polar surface area (TPSA) is 109 Å². The van der Waals surface area contributed by atoms with Crippen LogP contribution in [0.4, 0.5) is 5.82 Å². The van der Waals surface area contributed by atoms with Crippen molar-refractivity contribution in [2.45, 2.75) is 57.7 Å². The molecule has 3 amide bonds. The van der Waals surface area contributed by atoms with E-state index in [1.165, 1.54) is 0 Å². The molecule has 4 rings (SSSR count). The van der Waals surface area contributed by atoms with E-state index in [1.807, 2.05) is 4.90 Å². The van der Waals surface area contributed by atoms with Crippen molar-refractivity contribution in [1.82, 2.24) is 20.1 Å². The van der Waals surface area contributed by atoms with Crippen LogP contribution in [-0.4, -0.2) is 63.7 Å². The van der Waals surface area contributed by atoms with Gasteiger partial charge < -0.3 is 20.9 Å². The molecule has 2 aliphatic heterocycles. The maximum atomic E-state index is 13.0. The molecule has 3 atom stereocenters. The zero-order valence-electron chi connectivity index (χ0n) is 17.0. The average molecular weight is 399 g/mol.